The van der Waals surface area contributed by atoms with Crippen molar-refractivity contribution in [3.05, 3.63) is 129 Å². The van der Waals surface area contributed by atoms with Crippen LogP contribution in [0.2, 0.25) is 0 Å². The Morgan fingerprint density at radius 3 is 0.711 bits per heavy atom. The number of nitrogens with zero attached hydrogens (tertiary/aromatic N) is 2. The van der Waals surface area contributed by atoms with Crippen LogP contribution in [0.5, 0.6) is 46.0 Å². The third kappa shape index (κ3) is 21.1. The zero-order chi connectivity index (χ0) is 78.8. The molecular weight excluding hydrogens is 1430 g/mol. The molecule has 8 bridgehead atoms. The fourth-order valence-corrected chi connectivity index (χ4v) is 19.2. The minimum absolute atomic E-state index is 0.0941. The normalized spacial score (nSPS) is 18.2. The van der Waals surface area contributed by atoms with Crippen LogP contribution in [-0.2, 0) is 18.6 Å². The lowest BCUT2D eigenvalue weighted by atomic mass is 9.66. The molecule has 13 rings (SSSR count). The largest absolute Gasteiger partial charge is 0.501 e. The quantitative estimate of drug-likeness (QED) is 0.0206. The van der Waals surface area contributed by atoms with E-state index in [1.807, 2.05) is 24.3 Å². The predicted molar refractivity (Wildman–Crippen MR) is 453 cm³/mol. The van der Waals surface area contributed by atoms with Crippen LogP contribution >= 0.6 is 0 Å². The van der Waals surface area contributed by atoms with E-state index >= 15 is 0 Å². The van der Waals surface area contributed by atoms with Gasteiger partial charge < -0.3 is 76.6 Å². The second kappa shape index (κ2) is 44.4. The summed E-state index contributed by atoms with van der Waals surface area (Å²) in [4.78, 5) is 8.70. The summed E-state index contributed by atoms with van der Waals surface area (Å²) >= 11 is 0. The summed E-state index contributed by atoms with van der Waals surface area (Å²) in [6.07, 6.45) is 50.1. The molecule has 0 radical (unpaired) electrons. The molecule has 4 atom stereocenters. The van der Waals surface area contributed by atoms with E-state index in [0.29, 0.717) is 109 Å². The van der Waals surface area contributed by atoms with E-state index in [-0.39, 0.29) is 49.9 Å². The van der Waals surface area contributed by atoms with Crippen LogP contribution in [0, 0.1) is 0 Å². The minimum atomic E-state index is -2.06. The van der Waals surface area contributed by atoms with Gasteiger partial charge in [0.15, 0.2) is 0 Å². The lowest BCUT2D eigenvalue weighted by Gasteiger charge is -2.39. The van der Waals surface area contributed by atoms with E-state index in [9.17, 15) is 20.1 Å². The van der Waals surface area contributed by atoms with E-state index in [2.05, 4.69) is 61.9 Å². The Kier molecular flexibility index (Phi) is 33.2. The Morgan fingerprint density at radius 1 is 0.289 bits per heavy atom. The van der Waals surface area contributed by atoms with Crippen molar-refractivity contribution in [2.24, 2.45) is 0 Å². The van der Waals surface area contributed by atoms with E-state index in [1.54, 1.807) is 24.8 Å². The first-order valence-corrected chi connectivity index (χ1v) is 45.0. The average molecular weight is 1560 g/mol. The number of aromatic nitrogens is 2. The molecule has 0 spiro atoms. The summed E-state index contributed by atoms with van der Waals surface area (Å²) in [7, 11) is -6.11. The van der Waals surface area contributed by atoms with Crippen LogP contribution in [0.1, 0.15) is 376 Å². The maximum atomic E-state index is 12.5. The highest BCUT2D eigenvalue weighted by molar-refractivity contribution is 6.64. The molecule has 1 aliphatic carbocycles. The van der Waals surface area contributed by atoms with Crippen LogP contribution < -0.4 is 59.7 Å². The molecule has 6 aliphatic heterocycles. The fourth-order valence-electron chi connectivity index (χ4n) is 19.2. The summed E-state index contributed by atoms with van der Waals surface area (Å²) < 4.78 is 86.1. The highest BCUT2D eigenvalue weighted by Crippen LogP contribution is 2.55. The molecule has 4 unspecified atom stereocenters. The SMILES string of the molecule is CCCCCCCCCCCC1c2cc3c4c(B(O)O)c2OCOc2c1cc1c(c2B2OCC(c5ccncc5)CO2)OCOc2c(cc5c(c2B(O)O)OCOc2c(cc(c(c2B2OCC(c6ccncc6)CO2)OCO4)C3CCCCCCCCCCC)C5CCCCCCCCCCC)C1CCCCCCCCCCC. The molecule has 114 heavy (non-hydrogen) atoms. The van der Waals surface area contributed by atoms with Gasteiger partial charge in [0.25, 0.3) is 0 Å². The van der Waals surface area contributed by atoms with Crippen molar-refractivity contribution in [2.75, 3.05) is 53.6 Å². The van der Waals surface area contributed by atoms with Gasteiger partial charge in [0.1, 0.15) is 46.0 Å². The Hall–Kier alpha value is -6.48. The average Bonchev–Trinajstić information content (AvgIpc) is 0.716. The number of rotatable bonds is 46. The van der Waals surface area contributed by atoms with E-state index in [4.69, 9.17) is 56.5 Å². The summed E-state index contributed by atoms with van der Waals surface area (Å²) in [5.41, 5.74) is 10.1. The fraction of sp³-hybridized carbons (Fsp3) is 0.630. The van der Waals surface area contributed by atoms with Crippen molar-refractivity contribution < 1.29 is 76.6 Å². The second-order valence-corrected chi connectivity index (χ2v) is 33.5. The van der Waals surface area contributed by atoms with Gasteiger partial charge in [0.05, 0.1) is 21.9 Å². The van der Waals surface area contributed by atoms with Gasteiger partial charge in [-0.2, -0.15) is 0 Å². The summed E-state index contributed by atoms with van der Waals surface area (Å²) in [5.74, 6) is 0.969. The van der Waals surface area contributed by atoms with Crippen LogP contribution in [0.15, 0.2) is 73.3 Å². The lowest BCUT2D eigenvalue weighted by molar-refractivity contribution is 0.0971. The van der Waals surface area contributed by atoms with Crippen molar-refractivity contribution in [2.45, 2.75) is 320 Å². The number of hydrogen-bond donors (Lipinski definition) is 4. The molecule has 616 valence electrons. The zero-order valence-electron chi connectivity index (χ0n) is 69.2. The van der Waals surface area contributed by atoms with Crippen molar-refractivity contribution >= 4 is 50.3 Å². The maximum absolute atomic E-state index is 12.5. The Morgan fingerprint density at radius 2 is 0.491 bits per heavy atom. The van der Waals surface area contributed by atoms with Crippen molar-refractivity contribution in [3.8, 4) is 46.0 Å². The molecule has 8 heterocycles. The van der Waals surface area contributed by atoms with Gasteiger partial charge in [-0.05, 0) is 85.3 Å². The summed E-state index contributed by atoms with van der Waals surface area (Å²) in [6.45, 7) is 9.01. The van der Waals surface area contributed by atoms with Crippen LogP contribution in [0.3, 0.4) is 0 Å². The van der Waals surface area contributed by atoms with Crippen molar-refractivity contribution in [3.63, 3.8) is 0 Å². The van der Waals surface area contributed by atoms with Gasteiger partial charge in [-0.1, -0.05) is 259 Å². The van der Waals surface area contributed by atoms with Gasteiger partial charge >= 0.3 is 28.5 Å². The number of pyridine rings is 2. The number of benzene rings is 4. The van der Waals surface area contributed by atoms with Crippen LogP contribution in [0.4, 0.5) is 0 Å². The molecule has 22 heteroatoms. The summed E-state index contributed by atoms with van der Waals surface area (Å²) in [5, 5.41) is 49.9. The first-order valence-electron chi connectivity index (χ1n) is 45.0. The molecular formula is C92H130B4N2O16. The van der Waals surface area contributed by atoms with Crippen molar-refractivity contribution in [1.29, 1.82) is 0 Å². The Labute approximate surface area is 681 Å². The van der Waals surface area contributed by atoms with Crippen molar-refractivity contribution in [1.82, 2.24) is 9.97 Å². The van der Waals surface area contributed by atoms with Gasteiger partial charge in [0, 0.05) is 131 Å². The van der Waals surface area contributed by atoms with E-state index in [0.717, 1.165) is 158 Å². The highest BCUT2D eigenvalue weighted by atomic mass is 16.7. The topological polar surface area (TPSA) is 217 Å². The van der Waals surface area contributed by atoms with E-state index in [1.165, 1.54) is 128 Å². The van der Waals surface area contributed by atoms with Gasteiger partial charge in [-0.25, -0.2) is 0 Å². The first-order chi connectivity index (χ1) is 56.2. The number of hydrogen-bond acceptors (Lipinski definition) is 18. The standard InChI is InChI=1S/C92H130B4N2O16/c1-5-9-13-17-21-25-29-33-37-41-69-73-53-74-70(42-38-34-30-26-22-18-14-10-6-2)79-56-80-72(44-40-36-32-28-24-20-16-12-8-4)76-54-75-71(43-39-35-31-27-23-19-15-11-7-3)78-55-77(69)89-83(95-111-57-67(58-112-95)65-45-49-97-50-46-65)90(78)108-63-105-87(75)82(94(101)102)88(76)106-64-110-92(80)84(96-113-59-68(60-114-96)66-47-51-98-52-48-66)91(79)109-62-104-86(74)81(93(99)100)85(73)103-61-107-89/h45-56,67-72,99-102H,5-44,57-64H2,1-4H3. The highest BCUT2D eigenvalue weighted by Gasteiger charge is 2.48. The minimum Gasteiger partial charge on any atom is -0.457 e. The maximum Gasteiger partial charge on any atom is 0.501 e. The molecule has 4 aromatic carbocycles. The molecule has 2 fully saturated rings. The predicted octanol–water partition coefficient (Wildman–Crippen LogP) is 18.3. The number of ether oxygens (including phenoxy) is 8. The molecule has 4 N–H and O–H groups in total. The second-order valence-electron chi connectivity index (χ2n) is 33.5. The smallest absolute Gasteiger partial charge is 0.457 e. The number of unbranched alkanes of at least 4 members (excludes halogenated alkanes) is 32. The Balaban J connectivity index is 1.08. The Bertz CT molecular complexity index is 3510. The lowest BCUT2D eigenvalue weighted by Crippen LogP contribution is -2.47. The molecule has 6 aromatic rings. The van der Waals surface area contributed by atoms with Gasteiger partial charge in [-0.3, -0.25) is 9.97 Å². The molecule has 7 aliphatic rings. The molecule has 0 saturated carbocycles. The molecule has 0 amide bonds. The molecule has 18 nitrogen and oxygen atoms in total. The third-order valence-corrected chi connectivity index (χ3v) is 25.5. The van der Waals surface area contributed by atoms with Gasteiger partial charge in [0.2, 0.25) is 27.2 Å². The van der Waals surface area contributed by atoms with Crippen LogP contribution in [0.25, 0.3) is 0 Å². The van der Waals surface area contributed by atoms with Gasteiger partial charge in [-0.15, -0.1) is 0 Å². The van der Waals surface area contributed by atoms with Crippen LogP contribution in [-0.4, -0.2) is 112 Å². The summed E-state index contributed by atoms with van der Waals surface area (Å²) in [6, 6.07) is 17.3. The monoisotopic (exact) mass is 1560 g/mol. The van der Waals surface area contributed by atoms with E-state index < -0.39 is 52.1 Å². The molecule has 2 saturated heterocycles. The third-order valence-electron chi connectivity index (χ3n) is 25.5. The first kappa shape index (κ1) is 85.4. The zero-order valence-corrected chi connectivity index (χ0v) is 69.2. The molecule has 2 aromatic heterocycles.